The predicted molar refractivity (Wildman–Crippen MR) is 91.3 cm³/mol. The van der Waals surface area contributed by atoms with Gasteiger partial charge in [0.25, 0.3) is 0 Å². The zero-order valence-electron chi connectivity index (χ0n) is 13.7. The zero-order valence-corrected chi connectivity index (χ0v) is 14.5. The highest BCUT2D eigenvalue weighted by molar-refractivity contribution is 7.98. The van der Waals surface area contributed by atoms with Crippen LogP contribution in [0.4, 0.5) is 8.78 Å². The summed E-state index contributed by atoms with van der Waals surface area (Å²) in [7, 11) is 0. The fourth-order valence-corrected chi connectivity index (χ4v) is 3.15. The van der Waals surface area contributed by atoms with Crippen molar-refractivity contribution < 1.29 is 13.5 Å². The highest BCUT2D eigenvalue weighted by Crippen LogP contribution is 2.28. The first-order chi connectivity index (χ1) is 12.0. The molecule has 8 heteroatoms. The van der Waals surface area contributed by atoms with Crippen molar-refractivity contribution >= 4 is 11.8 Å². The largest absolute Gasteiger partial charge is 0.435 e. The molecule has 0 aliphatic carbocycles. The van der Waals surface area contributed by atoms with Gasteiger partial charge in [0.15, 0.2) is 0 Å². The van der Waals surface area contributed by atoms with Gasteiger partial charge in [0.2, 0.25) is 5.16 Å². The minimum absolute atomic E-state index is 0.162. The van der Waals surface area contributed by atoms with E-state index in [4.69, 9.17) is 0 Å². The molecule has 130 valence electrons. The smallest absolute Gasteiger partial charge is 0.387 e. The van der Waals surface area contributed by atoms with Crippen molar-refractivity contribution in [1.82, 2.24) is 20.2 Å². The number of aryl methyl sites for hydroxylation is 2. The van der Waals surface area contributed by atoms with E-state index in [0.717, 1.165) is 11.3 Å². The molecule has 25 heavy (non-hydrogen) atoms. The van der Waals surface area contributed by atoms with Crippen LogP contribution in [-0.4, -0.2) is 26.8 Å². The van der Waals surface area contributed by atoms with Crippen LogP contribution in [0, 0.1) is 13.8 Å². The van der Waals surface area contributed by atoms with Gasteiger partial charge < -0.3 is 4.74 Å². The third-order valence-electron chi connectivity index (χ3n) is 3.72. The topological polar surface area (TPSA) is 52.8 Å². The quantitative estimate of drug-likeness (QED) is 0.616. The summed E-state index contributed by atoms with van der Waals surface area (Å²) in [5.41, 5.74) is 3.83. The monoisotopic (exact) mass is 362 g/mol. The SMILES string of the molecule is Cc1ccc(-n2nnnc2SCc2ccccc2OC(F)F)cc1C. The van der Waals surface area contributed by atoms with Crippen LogP contribution in [-0.2, 0) is 5.75 Å². The highest BCUT2D eigenvalue weighted by Gasteiger charge is 2.13. The number of hydrogen-bond donors (Lipinski definition) is 0. The third kappa shape index (κ3) is 4.14. The minimum Gasteiger partial charge on any atom is -0.435 e. The van der Waals surface area contributed by atoms with Crippen LogP contribution in [0.5, 0.6) is 5.75 Å². The first-order valence-electron chi connectivity index (χ1n) is 7.56. The second-order valence-corrected chi connectivity index (χ2v) is 6.36. The molecule has 1 aromatic heterocycles. The number of alkyl halides is 2. The molecule has 0 atom stereocenters. The van der Waals surface area contributed by atoms with Crippen LogP contribution in [0.1, 0.15) is 16.7 Å². The molecule has 0 spiro atoms. The molecule has 0 aliphatic rings. The molecule has 0 fully saturated rings. The Hall–Kier alpha value is -2.48. The summed E-state index contributed by atoms with van der Waals surface area (Å²) in [5.74, 6) is 0.573. The van der Waals surface area contributed by atoms with E-state index in [1.807, 2.05) is 32.0 Å². The van der Waals surface area contributed by atoms with Crippen molar-refractivity contribution in [1.29, 1.82) is 0 Å². The number of para-hydroxylation sites is 1. The van der Waals surface area contributed by atoms with Crippen molar-refractivity contribution in [2.45, 2.75) is 31.4 Å². The van der Waals surface area contributed by atoms with Gasteiger partial charge in [0.05, 0.1) is 5.69 Å². The first kappa shape index (κ1) is 17.3. The Labute approximate surface area is 148 Å². The van der Waals surface area contributed by atoms with E-state index < -0.39 is 6.61 Å². The van der Waals surface area contributed by atoms with Crippen LogP contribution in [0.15, 0.2) is 47.6 Å². The van der Waals surface area contributed by atoms with Crippen LogP contribution in [0.2, 0.25) is 0 Å². The van der Waals surface area contributed by atoms with E-state index in [1.54, 1.807) is 22.9 Å². The van der Waals surface area contributed by atoms with Gasteiger partial charge in [0.1, 0.15) is 5.75 Å². The summed E-state index contributed by atoms with van der Waals surface area (Å²) in [5, 5.41) is 12.4. The lowest BCUT2D eigenvalue weighted by Crippen LogP contribution is -2.04. The summed E-state index contributed by atoms with van der Waals surface area (Å²) in [6.07, 6.45) is 0. The number of tetrazole rings is 1. The molecule has 3 aromatic rings. The van der Waals surface area contributed by atoms with Crippen LogP contribution in [0.25, 0.3) is 5.69 Å². The number of rotatable bonds is 6. The predicted octanol–water partition coefficient (Wildman–Crippen LogP) is 4.17. The third-order valence-corrected chi connectivity index (χ3v) is 4.69. The van der Waals surface area contributed by atoms with E-state index in [2.05, 4.69) is 20.3 Å². The van der Waals surface area contributed by atoms with Gasteiger partial charge in [0, 0.05) is 11.3 Å². The van der Waals surface area contributed by atoms with E-state index in [0.29, 0.717) is 16.5 Å². The number of ether oxygens (including phenoxy) is 1. The molecule has 0 saturated carbocycles. The number of thioether (sulfide) groups is 1. The molecule has 0 bridgehead atoms. The van der Waals surface area contributed by atoms with Crippen molar-refractivity contribution in [2.75, 3.05) is 0 Å². The lowest BCUT2D eigenvalue weighted by molar-refractivity contribution is -0.0503. The fraction of sp³-hybridized carbons (Fsp3) is 0.235. The maximum atomic E-state index is 12.5. The maximum Gasteiger partial charge on any atom is 0.387 e. The summed E-state index contributed by atoms with van der Waals surface area (Å²) >= 11 is 1.35. The summed E-state index contributed by atoms with van der Waals surface area (Å²) in [4.78, 5) is 0. The van der Waals surface area contributed by atoms with Gasteiger partial charge in [-0.15, -0.1) is 5.10 Å². The van der Waals surface area contributed by atoms with Crippen LogP contribution >= 0.6 is 11.8 Å². The fourth-order valence-electron chi connectivity index (χ4n) is 2.26. The highest BCUT2D eigenvalue weighted by atomic mass is 32.2. The number of nitrogens with zero attached hydrogens (tertiary/aromatic N) is 4. The molecule has 3 rings (SSSR count). The van der Waals surface area contributed by atoms with Crippen LogP contribution < -0.4 is 4.74 Å². The molecule has 0 saturated heterocycles. The molecular weight excluding hydrogens is 346 g/mol. The number of benzene rings is 2. The number of hydrogen-bond acceptors (Lipinski definition) is 5. The number of aromatic nitrogens is 4. The van der Waals surface area contributed by atoms with E-state index >= 15 is 0 Å². The second-order valence-electron chi connectivity index (χ2n) is 5.42. The summed E-state index contributed by atoms with van der Waals surface area (Å²) in [6, 6.07) is 12.7. The molecule has 2 aromatic carbocycles. The average molecular weight is 362 g/mol. The lowest BCUT2D eigenvalue weighted by Gasteiger charge is -2.10. The second kappa shape index (κ2) is 7.60. The van der Waals surface area contributed by atoms with Gasteiger partial charge in [-0.25, -0.2) is 0 Å². The van der Waals surface area contributed by atoms with Gasteiger partial charge in [-0.2, -0.15) is 13.5 Å². The Morgan fingerprint density at radius 2 is 1.92 bits per heavy atom. The van der Waals surface area contributed by atoms with Crippen LogP contribution in [0.3, 0.4) is 0 Å². The Balaban J connectivity index is 1.80. The zero-order chi connectivity index (χ0) is 17.8. The first-order valence-corrected chi connectivity index (χ1v) is 8.54. The number of halogens is 2. The van der Waals surface area contributed by atoms with Crippen molar-refractivity contribution in [2.24, 2.45) is 0 Å². The molecule has 0 radical (unpaired) electrons. The maximum absolute atomic E-state index is 12.5. The van der Waals surface area contributed by atoms with E-state index in [9.17, 15) is 8.78 Å². The molecule has 0 aliphatic heterocycles. The standard InChI is InChI=1S/C17H16F2N4OS/c1-11-7-8-14(9-12(11)2)23-17(20-21-22-23)25-10-13-5-3-4-6-15(13)24-16(18)19/h3-9,16H,10H2,1-2H3. The van der Waals surface area contributed by atoms with Gasteiger partial charge in [-0.1, -0.05) is 36.0 Å². The Bertz CT molecular complexity index is 869. The Morgan fingerprint density at radius 1 is 1.12 bits per heavy atom. The van der Waals surface area contributed by atoms with Gasteiger partial charge in [-0.05, 0) is 53.6 Å². The van der Waals surface area contributed by atoms with Crippen molar-refractivity contribution in [3.8, 4) is 11.4 Å². The normalized spacial score (nSPS) is 11.1. The van der Waals surface area contributed by atoms with Crippen molar-refractivity contribution in [3.63, 3.8) is 0 Å². The minimum atomic E-state index is -2.85. The molecule has 1 heterocycles. The molecular formula is C17H16F2N4OS. The van der Waals surface area contributed by atoms with Gasteiger partial charge >= 0.3 is 6.61 Å². The Kier molecular flexibility index (Phi) is 5.28. The van der Waals surface area contributed by atoms with Crippen molar-refractivity contribution in [3.05, 3.63) is 59.2 Å². The van der Waals surface area contributed by atoms with E-state index in [-0.39, 0.29) is 5.75 Å². The lowest BCUT2D eigenvalue weighted by atomic mass is 10.1. The summed E-state index contributed by atoms with van der Waals surface area (Å²) in [6.45, 7) is 1.20. The average Bonchev–Trinajstić information content (AvgIpc) is 3.04. The van der Waals surface area contributed by atoms with E-state index in [1.165, 1.54) is 23.4 Å². The summed E-state index contributed by atoms with van der Waals surface area (Å²) < 4.78 is 31.2. The molecule has 0 amide bonds. The Morgan fingerprint density at radius 3 is 2.68 bits per heavy atom. The molecule has 5 nitrogen and oxygen atoms in total. The molecule has 0 unspecified atom stereocenters. The molecule has 0 N–H and O–H groups in total. The van der Waals surface area contributed by atoms with Gasteiger partial charge in [-0.3, -0.25) is 0 Å².